The Labute approximate surface area is 217 Å². The molecule has 11 heteroatoms. The Kier molecular flexibility index (Phi) is 6.26. The Morgan fingerprint density at radius 3 is 2.66 bits per heavy atom. The third-order valence-electron chi connectivity index (χ3n) is 6.62. The molecule has 192 valence electrons. The number of amides is 1. The average Bonchev–Trinajstić information content (AvgIpc) is 3.56. The molecule has 4 heterocycles. The average molecular weight is 514 g/mol. The van der Waals surface area contributed by atoms with Crippen LogP contribution in [0, 0.1) is 5.82 Å². The van der Waals surface area contributed by atoms with Crippen LogP contribution in [0.4, 0.5) is 4.39 Å². The van der Waals surface area contributed by atoms with E-state index in [1.165, 1.54) is 11.6 Å². The molecule has 1 N–H and O–H groups in total. The first-order chi connectivity index (χ1) is 18.6. The van der Waals surface area contributed by atoms with Gasteiger partial charge in [-0.3, -0.25) is 14.9 Å². The number of nitrogens with zero attached hydrogens (tertiary/aromatic N) is 6. The van der Waals surface area contributed by atoms with E-state index in [2.05, 4.69) is 25.5 Å². The molecule has 6 rings (SSSR count). The maximum Gasteiger partial charge on any atom is 0.253 e. The number of methoxy groups -OCH3 is 1. The number of halogens is 1. The van der Waals surface area contributed by atoms with Crippen molar-refractivity contribution in [2.45, 2.75) is 5.92 Å². The van der Waals surface area contributed by atoms with Gasteiger partial charge in [0.25, 0.3) is 5.91 Å². The quantitative estimate of drug-likeness (QED) is 0.316. The van der Waals surface area contributed by atoms with Crippen LogP contribution in [0.5, 0.6) is 5.75 Å². The van der Waals surface area contributed by atoms with Gasteiger partial charge in [0, 0.05) is 55.5 Å². The highest BCUT2D eigenvalue weighted by Gasteiger charge is 2.32. The van der Waals surface area contributed by atoms with Gasteiger partial charge in [-0.1, -0.05) is 5.21 Å². The predicted octanol–water partition coefficient (Wildman–Crippen LogP) is 3.61. The maximum atomic E-state index is 14.6. The number of ether oxygens (including phenoxy) is 2. The number of nitrogens with one attached hydrogen (secondary N) is 1. The molecule has 0 radical (unpaired) electrons. The number of likely N-dealkylation sites (tertiary alicyclic amines) is 1. The van der Waals surface area contributed by atoms with Crippen LogP contribution in [0.25, 0.3) is 28.0 Å². The van der Waals surface area contributed by atoms with Crippen molar-refractivity contribution < 1.29 is 18.7 Å². The van der Waals surface area contributed by atoms with Gasteiger partial charge >= 0.3 is 0 Å². The Morgan fingerprint density at radius 1 is 1.11 bits per heavy atom. The number of aromatic nitrogens is 6. The Balaban J connectivity index is 1.15. The normalized spacial score (nSPS) is 13.6. The van der Waals surface area contributed by atoms with Crippen LogP contribution >= 0.6 is 0 Å². The van der Waals surface area contributed by atoms with Gasteiger partial charge in [-0.2, -0.15) is 5.10 Å². The third kappa shape index (κ3) is 4.48. The molecule has 0 aliphatic carbocycles. The van der Waals surface area contributed by atoms with Gasteiger partial charge in [0.15, 0.2) is 11.6 Å². The minimum Gasteiger partial charge on any atom is -0.488 e. The molecule has 0 saturated carbocycles. The number of H-pyrrole nitrogens is 1. The second-order valence-corrected chi connectivity index (χ2v) is 9.02. The molecule has 1 aliphatic heterocycles. The summed E-state index contributed by atoms with van der Waals surface area (Å²) in [5.41, 5.74) is 4.11. The lowest BCUT2D eigenvalue weighted by Crippen LogP contribution is -2.48. The number of aromatic amines is 1. The van der Waals surface area contributed by atoms with Crippen LogP contribution < -0.4 is 4.74 Å². The summed E-state index contributed by atoms with van der Waals surface area (Å²) >= 11 is 0. The molecule has 1 amide bonds. The molecule has 0 atom stereocenters. The van der Waals surface area contributed by atoms with Crippen molar-refractivity contribution in [2.75, 3.05) is 33.4 Å². The number of benzene rings is 2. The highest BCUT2D eigenvalue weighted by molar-refractivity contribution is 5.95. The van der Waals surface area contributed by atoms with Crippen molar-refractivity contribution in [3.05, 3.63) is 84.1 Å². The van der Waals surface area contributed by atoms with Crippen molar-refractivity contribution in [2.24, 2.45) is 0 Å². The van der Waals surface area contributed by atoms with Crippen LogP contribution in [0.3, 0.4) is 0 Å². The van der Waals surface area contributed by atoms with E-state index in [1.54, 1.807) is 48.6 Å². The van der Waals surface area contributed by atoms with Crippen molar-refractivity contribution in [1.29, 1.82) is 0 Å². The molecule has 1 aliphatic rings. The number of carbonyl (C=O) groups is 1. The maximum absolute atomic E-state index is 14.6. The van der Waals surface area contributed by atoms with E-state index in [-0.39, 0.29) is 18.3 Å². The minimum absolute atomic E-state index is 0.00303. The molecule has 3 aromatic heterocycles. The lowest BCUT2D eigenvalue weighted by atomic mass is 9.91. The number of hydrogen-bond donors (Lipinski definition) is 1. The summed E-state index contributed by atoms with van der Waals surface area (Å²) in [5, 5.41) is 16.2. The fourth-order valence-corrected chi connectivity index (χ4v) is 4.49. The number of pyridine rings is 1. The molecular formula is C27H24FN7O3. The number of fused-ring (bicyclic) bond motifs is 1. The van der Waals surface area contributed by atoms with Crippen molar-refractivity contribution in [3.63, 3.8) is 0 Å². The van der Waals surface area contributed by atoms with Gasteiger partial charge in [-0.15, -0.1) is 5.10 Å². The van der Waals surface area contributed by atoms with Crippen LogP contribution in [-0.2, 0) is 4.74 Å². The Morgan fingerprint density at radius 2 is 1.89 bits per heavy atom. The summed E-state index contributed by atoms with van der Waals surface area (Å²) in [6.45, 7) is 1.98. The Bertz CT molecular complexity index is 1580. The molecule has 10 nitrogen and oxygen atoms in total. The zero-order chi connectivity index (χ0) is 26.1. The molecular weight excluding hydrogens is 489 g/mol. The summed E-state index contributed by atoms with van der Waals surface area (Å²) < 4.78 is 26.6. The van der Waals surface area contributed by atoms with E-state index in [4.69, 9.17) is 9.47 Å². The van der Waals surface area contributed by atoms with Gasteiger partial charge in [-0.05, 0) is 48.0 Å². The number of rotatable bonds is 8. The zero-order valence-electron chi connectivity index (χ0n) is 20.5. The van der Waals surface area contributed by atoms with Crippen LogP contribution in [0.1, 0.15) is 21.8 Å². The SMILES string of the molecule is COCCOc1cc2[nH]nc(-c3cn(-c4ccc(C(=O)N5CC(c6ccncc6)C5)cc4)nn3)c2cc1F. The lowest BCUT2D eigenvalue weighted by Gasteiger charge is -2.39. The molecule has 1 saturated heterocycles. The highest BCUT2D eigenvalue weighted by Crippen LogP contribution is 2.31. The van der Waals surface area contributed by atoms with Gasteiger partial charge in [-0.25, -0.2) is 9.07 Å². The number of carbonyl (C=O) groups excluding carboxylic acids is 1. The first-order valence-corrected chi connectivity index (χ1v) is 12.1. The summed E-state index contributed by atoms with van der Waals surface area (Å²) in [5.74, 6) is -0.0414. The van der Waals surface area contributed by atoms with Crippen LogP contribution in [0.2, 0.25) is 0 Å². The van der Waals surface area contributed by atoms with Crippen molar-refractivity contribution in [1.82, 2.24) is 35.1 Å². The zero-order valence-corrected chi connectivity index (χ0v) is 20.5. The largest absolute Gasteiger partial charge is 0.488 e. The summed E-state index contributed by atoms with van der Waals surface area (Å²) in [7, 11) is 1.55. The highest BCUT2D eigenvalue weighted by atomic mass is 19.1. The fraction of sp³-hybridized carbons (Fsp3) is 0.222. The summed E-state index contributed by atoms with van der Waals surface area (Å²) in [6.07, 6.45) is 5.26. The van der Waals surface area contributed by atoms with E-state index in [0.717, 1.165) is 5.69 Å². The van der Waals surface area contributed by atoms with Gasteiger partial charge in [0.05, 0.1) is 24.0 Å². The molecule has 0 unspecified atom stereocenters. The molecule has 1 fully saturated rings. The van der Waals surface area contributed by atoms with E-state index in [0.29, 0.717) is 53.5 Å². The third-order valence-corrected chi connectivity index (χ3v) is 6.62. The first kappa shape index (κ1) is 23.7. The van der Waals surface area contributed by atoms with Crippen LogP contribution in [-0.4, -0.2) is 74.4 Å². The lowest BCUT2D eigenvalue weighted by molar-refractivity contribution is 0.0602. The van der Waals surface area contributed by atoms with Crippen LogP contribution in [0.15, 0.2) is 67.1 Å². The van der Waals surface area contributed by atoms with E-state index < -0.39 is 5.82 Å². The topological polar surface area (TPSA) is 111 Å². The minimum atomic E-state index is -0.502. The second kappa shape index (κ2) is 10.0. The number of hydrogen-bond acceptors (Lipinski definition) is 7. The summed E-state index contributed by atoms with van der Waals surface area (Å²) in [6, 6.07) is 14.1. The fourth-order valence-electron chi connectivity index (χ4n) is 4.49. The standard InChI is InChI=1S/C27H24FN7O3/c1-37-10-11-38-25-13-23-21(12-22(25)28)26(32-30-23)24-16-35(33-31-24)20-4-2-18(3-5-20)27(36)34-14-19(15-34)17-6-8-29-9-7-17/h2-9,12-13,16,19H,10-11,14-15H2,1H3,(H,30,32). The van der Waals surface area contributed by atoms with Crippen molar-refractivity contribution in [3.8, 4) is 22.8 Å². The molecule has 5 aromatic rings. The Hall–Kier alpha value is -4.64. The predicted molar refractivity (Wildman–Crippen MR) is 137 cm³/mol. The second-order valence-electron chi connectivity index (χ2n) is 9.02. The smallest absolute Gasteiger partial charge is 0.253 e. The molecule has 2 aromatic carbocycles. The monoisotopic (exact) mass is 513 g/mol. The first-order valence-electron chi connectivity index (χ1n) is 12.1. The van der Waals surface area contributed by atoms with Gasteiger partial charge in [0.2, 0.25) is 0 Å². The molecule has 38 heavy (non-hydrogen) atoms. The van der Waals surface area contributed by atoms with E-state index in [1.807, 2.05) is 29.2 Å². The van der Waals surface area contributed by atoms with E-state index in [9.17, 15) is 9.18 Å². The molecule has 0 bridgehead atoms. The van der Waals surface area contributed by atoms with Crippen molar-refractivity contribution >= 4 is 16.8 Å². The summed E-state index contributed by atoms with van der Waals surface area (Å²) in [4.78, 5) is 18.8. The van der Waals surface area contributed by atoms with Gasteiger partial charge in [0.1, 0.15) is 18.0 Å². The van der Waals surface area contributed by atoms with E-state index >= 15 is 0 Å². The molecule has 0 spiro atoms. The van der Waals surface area contributed by atoms with Gasteiger partial charge < -0.3 is 14.4 Å².